The van der Waals surface area contributed by atoms with Gasteiger partial charge >= 0.3 is 0 Å². The summed E-state index contributed by atoms with van der Waals surface area (Å²) in [5.74, 6) is -0.0540. The molecule has 2 aromatic rings. The van der Waals surface area contributed by atoms with E-state index in [4.69, 9.17) is 0 Å². The van der Waals surface area contributed by atoms with Gasteiger partial charge in [0, 0.05) is 24.0 Å². The molecule has 4 nitrogen and oxygen atoms in total. The quantitative estimate of drug-likeness (QED) is 0.877. The van der Waals surface area contributed by atoms with Crippen LogP contribution in [0.3, 0.4) is 0 Å². The highest BCUT2D eigenvalue weighted by molar-refractivity contribution is 5.95. The number of nitrogens with zero attached hydrogens (tertiary/aromatic N) is 1. The number of amides is 1. The Kier molecular flexibility index (Phi) is 4.71. The molecule has 1 unspecified atom stereocenters. The van der Waals surface area contributed by atoms with Crippen LogP contribution in [0.1, 0.15) is 35.9 Å². The number of carbonyl (C=O) groups is 1. The number of hydrogen-bond acceptors (Lipinski definition) is 3. The van der Waals surface area contributed by atoms with Crippen LogP contribution in [0.5, 0.6) is 0 Å². The highest BCUT2D eigenvalue weighted by Gasteiger charge is 2.08. The van der Waals surface area contributed by atoms with Gasteiger partial charge in [-0.15, -0.1) is 0 Å². The normalized spacial score (nSPS) is 11.7. The molecule has 0 radical (unpaired) electrons. The third-order valence-electron chi connectivity index (χ3n) is 2.98. The standard InChI is InChI=1S/C16H19N3O/c1-3-17-16(20)13-7-6-8-14(11-13)19-12(2)15-9-4-5-10-18-15/h4-12,19H,3H2,1-2H3,(H,17,20). The number of rotatable bonds is 5. The van der Waals surface area contributed by atoms with Gasteiger partial charge in [0.05, 0.1) is 11.7 Å². The second kappa shape index (κ2) is 6.70. The fraction of sp³-hybridized carbons (Fsp3) is 0.250. The van der Waals surface area contributed by atoms with Gasteiger partial charge in [0.2, 0.25) is 0 Å². The van der Waals surface area contributed by atoms with Crippen molar-refractivity contribution < 1.29 is 4.79 Å². The van der Waals surface area contributed by atoms with Crippen molar-refractivity contribution in [2.75, 3.05) is 11.9 Å². The lowest BCUT2D eigenvalue weighted by atomic mass is 10.1. The second-order valence-electron chi connectivity index (χ2n) is 4.56. The molecule has 104 valence electrons. The average Bonchev–Trinajstić information content (AvgIpc) is 2.48. The number of anilines is 1. The Bertz CT molecular complexity index is 569. The van der Waals surface area contributed by atoms with Crippen molar-refractivity contribution in [1.82, 2.24) is 10.3 Å². The van der Waals surface area contributed by atoms with Crippen molar-refractivity contribution in [3.63, 3.8) is 0 Å². The van der Waals surface area contributed by atoms with Crippen molar-refractivity contribution in [2.45, 2.75) is 19.9 Å². The summed E-state index contributed by atoms with van der Waals surface area (Å²) >= 11 is 0. The van der Waals surface area contributed by atoms with Crippen LogP contribution in [0.15, 0.2) is 48.7 Å². The van der Waals surface area contributed by atoms with Crippen LogP contribution < -0.4 is 10.6 Å². The van der Waals surface area contributed by atoms with E-state index in [2.05, 4.69) is 15.6 Å². The highest BCUT2D eigenvalue weighted by atomic mass is 16.1. The highest BCUT2D eigenvalue weighted by Crippen LogP contribution is 2.18. The van der Waals surface area contributed by atoms with Crippen LogP contribution in [0.4, 0.5) is 5.69 Å². The number of hydrogen-bond donors (Lipinski definition) is 2. The zero-order valence-corrected chi connectivity index (χ0v) is 11.8. The number of nitrogens with one attached hydrogen (secondary N) is 2. The monoisotopic (exact) mass is 269 g/mol. The van der Waals surface area contributed by atoms with E-state index < -0.39 is 0 Å². The lowest BCUT2D eigenvalue weighted by Crippen LogP contribution is -2.22. The zero-order chi connectivity index (χ0) is 14.4. The van der Waals surface area contributed by atoms with E-state index >= 15 is 0 Å². The van der Waals surface area contributed by atoms with Crippen LogP contribution >= 0.6 is 0 Å². The van der Waals surface area contributed by atoms with Crippen LogP contribution in [0, 0.1) is 0 Å². The SMILES string of the molecule is CCNC(=O)c1cccc(NC(C)c2ccccn2)c1. The van der Waals surface area contributed by atoms with Crippen LogP contribution in [0.2, 0.25) is 0 Å². The first kappa shape index (κ1) is 14.1. The molecule has 1 aromatic heterocycles. The molecule has 1 heterocycles. The third-order valence-corrected chi connectivity index (χ3v) is 2.98. The van der Waals surface area contributed by atoms with Gasteiger partial charge in [-0.1, -0.05) is 12.1 Å². The molecule has 1 amide bonds. The maximum atomic E-state index is 11.8. The van der Waals surface area contributed by atoms with Crippen molar-refractivity contribution in [3.8, 4) is 0 Å². The smallest absolute Gasteiger partial charge is 0.251 e. The molecule has 1 aromatic carbocycles. The zero-order valence-electron chi connectivity index (χ0n) is 11.8. The molecule has 0 fully saturated rings. The Hall–Kier alpha value is -2.36. The maximum Gasteiger partial charge on any atom is 0.251 e. The summed E-state index contributed by atoms with van der Waals surface area (Å²) in [4.78, 5) is 16.1. The maximum absolute atomic E-state index is 11.8. The van der Waals surface area contributed by atoms with Gasteiger partial charge in [-0.05, 0) is 44.2 Å². The van der Waals surface area contributed by atoms with Crippen LogP contribution in [-0.2, 0) is 0 Å². The summed E-state index contributed by atoms with van der Waals surface area (Å²) in [5, 5.41) is 6.15. The van der Waals surface area contributed by atoms with Crippen molar-refractivity contribution in [1.29, 1.82) is 0 Å². The fourth-order valence-corrected chi connectivity index (χ4v) is 1.97. The summed E-state index contributed by atoms with van der Waals surface area (Å²) in [6.07, 6.45) is 1.78. The van der Waals surface area contributed by atoms with E-state index in [9.17, 15) is 4.79 Å². The number of pyridine rings is 1. The van der Waals surface area contributed by atoms with E-state index in [1.807, 2.05) is 56.3 Å². The molecule has 4 heteroatoms. The Balaban J connectivity index is 2.10. The van der Waals surface area contributed by atoms with Gasteiger partial charge in [0.15, 0.2) is 0 Å². The molecule has 0 saturated heterocycles. The van der Waals surface area contributed by atoms with Crippen LogP contribution in [-0.4, -0.2) is 17.4 Å². The summed E-state index contributed by atoms with van der Waals surface area (Å²) in [6.45, 7) is 4.57. The Morgan fingerprint density at radius 2 is 2.10 bits per heavy atom. The third kappa shape index (κ3) is 3.57. The lowest BCUT2D eigenvalue weighted by Gasteiger charge is -2.15. The number of benzene rings is 1. The first-order chi connectivity index (χ1) is 9.70. The molecule has 0 saturated carbocycles. The molecule has 0 aliphatic carbocycles. The van der Waals surface area contributed by atoms with E-state index in [1.165, 1.54) is 0 Å². The Labute approximate surface area is 119 Å². The lowest BCUT2D eigenvalue weighted by molar-refractivity contribution is 0.0956. The van der Waals surface area contributed by atoms with Gasteiger partial charge in [-0.25, -0.2) is 0 Å². The molecular formula is C16H19N3O. The molecule has 0 aliphatic heterocycles. The predicted molar refractivity (Wildman–Crippen MR) is 80.7 cm³/mol. The summed E-state index contributed by atoms with van der Waals surface area (Å²) in [5.41, 5.74) is 2.54. The van der Waals surface area contributed by atoms with Crippen molar-refractivity contribution in [3.05, 3.63) is 59.9 Å². The molecule has 1 atom stereocenters. The largest absolute Gasteiger partial charge is 0.377 e. The minimum Gasteiger partial charge on any atom is -0.377 e. The van der Waals surface area contributed by atoms with Gasteiger partial charge < -0.3 is 10.6 Å². The fourth-order valence-electron chi connectivity index (χ4n) is 1.97. The van der Waals surface area contributed by atoms with Crippen molar-refractivity contribution in [2.24, 2.45) is 0 Å². The molecule has 20 heavy (non-hydrogen) atoms. The van der Waals surface area contributed by atoms with E-state index in [0.717, 1.165) is 11.4 Å². The molecule has 0 aliphatic rings. The minimum atomic E-state index is -0.0540. The molecule has 0 bridgehead atoms. The molecule has 2 rings (SSSR count). The summed E-state index contributed by atoms with van der Waals surface area (Å²) in [6, 6.07) is 13.4. The summed E-state index contributed by atoms with van der Waals surface area (Å²) < 4.78 is 0. The first-order valence-electron chi connectivity index (χ1n) is 6.76. The number of carbonyl (C=O) groups excluding carboxylic acids is 1. The summed E-state index contributed by atoms with van der Waals surface area (Å²) in [7, 11) is 0. The Morgan fingerprint density at radius 3 is 2.80 bits per heavy atom. The minimum absolute atomic E-state index is 0.0540. The van der Waals surface area contributed by atoms with Crippen LogP contribution in [0.25, 0.3) is 0 Å². The number of aromatic nitrogens is 1. The first-order valence-corrected chi connectivity index (χ1v) is 6.76. The van der Waals surface area contributed by atoms with Gasteiger partial charge in [0.1, 0.15) is 0 Å². The topological polar surface area (TPSA) is 54.0 Å². The average molecular weight is 269 g/mol. The molecular weight excluding hydrogens is 250 g/mol. The van der Waals surface area contributed by atoms with E-state index in [1.54, 1.807) is 6.20 Å². The van der Waals surface area contributed by atoms with Crippen molar-refractivity contribution >= 4 is 11.6 Å². The molecule has 0 spiro atoms. The van der Waals surface area contributed by atoms with E-state index in [0.29, 0.717) is 12.1 Å². The molecule has 2 N–H and O–H groups in total. The van der Waals surface area contributed by atoms with E-state index in [-0.39, 0.29) is 11.9 Å². The Morgan fingerprint density at radius 1 is 1.25 bits per heavy atom. The van der Waals surface area contributed by atoms with Gasteiger partial charge in [0.25, 0.3) is 5.91 Å². The van der Waals surface area contributed by atoms with Gasteiger partial charge in [-0.2, -0.15) is 0 Å². The second-order valence-corrected chi connectivity index (χ2v) is 4.56. The predicted octanol–water partition coefficient (Wildman–Crippen LogP) is 3.00. The van der Waals surface area contributed by atoms with Gasteiger partial charge in [-0.3, -0.25) is 9.78 Å².